The molecule has 4 N–H and O–H groups in total. The van der Waals surface area contributed by atoms with Crippen LogP contribution in [-0.2, 0) is 4.79 Å². The lowest BCUT2D eigenvalue weighted by atomic mass is 10.1. The Hall–Kier alpha value is -2.71. The van der Waals surface area contributed by atoms with Gasteiger partial charge in [-0.15, -0.1) is 11.3 Å². The molecule has 1 aromatic carbocycles. The number of anilines is 1. The summed E-state index contributed by atoms with van der Waals surface area (Å²) in [4.78, 5) is 32.7. The number of aromatic nitrogens is 2. The lowest BCUT2D eigenvalue weighted by Crippen LogP contribution is -2.10. The van der Waals surface area contributed by atoms with Crippen LogP contribution in [0.25, 0.3) is 21.5 Å². The number of nitrogens with two attached hydrogens (primary N) is 2. The van der Waals surface area contributed by atoms with Gasteiger partial charge in [-0.25, -0.2) is 0 Å². The Bertz CT molecular complexity index is 1050. The second kappa shape index (κ2) is 8.53. The third-order valence-corrected chi connectivity index (χ3v) is 5.46. The minimum Gasteiger partial charge on any atom is -0.463 e. The van der Waals surface area contributed by atoms with Gasteiger partial charge in [0.05, 0.1) is 23.4 Å². The molecule has 0 spiro atoms. The molecule has 2 heterocycles. The highest BCUT2D eigenvalue weighted by Crippen LogP contribution is 2.39. The minimum atomic E-state index is -0.627. The van der Waals surface area contributed by atoms with E-state index in [9.17, 15) is 9.59 Å². The van der Waals surface area contributed by atoms with Gasteiger partial charge in [-0.05, 0) is 18.6 Å². The number of Topliss-reactive ketones (excluding diaryl/α,β-unsaturated/α-hetero) is 1. The maximum atomic E-state index is 11.7. The summed E-state index contributed by atoms with van der Waals surface area (Å²) in [5.41, 5.74) is 13.0. The topological polar surface area (TPSA) is 121 Å². The standard InChI is InChI=1S/C19H19ClN4O3S/c1-2-12(25)7-4-8-27-19-23-15(10-5-3-6-11(20)9-10)13-14(21)16(17(22)26)28-18(13)24-19/h3,5-6,9H,2,4,7-8,21H2,1H3,(H2,22,26). The summed E-state index contributed by atoms with van der Waals surface area (Å²) in [7, 11) is 0. The van der Waals surface area contributed by atoms with E-state index in [1.807, 2.05) is 13.0 Å². The number of halogens is 1. The predicted molar refractivity (Wildman–Crippen MR) is 111 cm³/mol. The second-order valence-electron chi connectivity index (χ2n) is 6.10. The van der Waals surface area contributed by atoms with E-state index in [0.29, 0.717) is 52.4 Å². The van der Waals surface area contributed by atoms with Crippen molar-refractivity contribution in [3.63, 3.8) is 0 Å². The van der Waals surface area contributed by atoms with Gasteiger partial charge < -0.3 is 16.2 Å². The summed E-state index contributed by atoms with van der Waals surface area (Å²) in [5.74, 6) is -0.449. The molecule has 0 saturated carbocycles. The monoisotopic (exact) mass is 418 g/mol. The fraction of sp³-hybridized carbons (Fsp3) is 0.263. The average Bonchev–Trinajstić information content (AvgIpc) is 3.01. The number of hydrogen-bond acceptors (Lipinski definition) is 7. The molecule has 3 aromatic rings. The molecule has 1 amide bonds. The summed E-state index contributed by atoms with van der Waals surface area (Å²) >= 11 is 7.21. The largest absolute Gasteiger partial charge is 0.463 e. The van der Waals surface area contributed by atoms with Gasteiger partial charge >= 0.3 is 6.01 Å². The number of rotatable bonds is 8. The number of hydrogen-bond donors (Lipinski definition) is 2. The van der Waals surface area contributed by atoms with E-state index >= 15 is 0 Å². The van der Waals surface area contributed by atoms with Crippen molar-refractivity contribution in [3.05, 3.63) is 34.2 Å². The second-order valence-corrected chi connectivity index (χ2v) is 7.53. The highest BCUT2D eigenvalue weighted by atomic mass is 35.5. The maximum absolute atomic E-state index is 11.7. The van der Waals surface area contributed by atoms with Crippen LogP contribution < -0.4 is 16.2 Å². The first-order valence-electron chi connectivity index (χ1n) is 8.71. The van der Waals surface area contributed by atoms with E-state index in [4.69, 9.17) is 27.8 Å². The molecule has 2 aromatic heterocycles. The van der Waals surface area contributed by atoms with Gasteiger partial charge in [-0.1, -0.05) is 30.7 Å². The normalized spacial score (nSPS) is 10.9. The average molecular weight is 419 g/mol. The van der Waals surface area contributed by atoms with Crippen molar-refractivity contribution in [2.45, 2.75) is 26.2 Å². The summed E-state index contributed by atoms with van der Waals surface area (Å²) in [6.07, 6.45) is 1.52. The number of nitrogens with zero attached hydrogens (tertiary/aromatic N) is 2. The number of nitrogen functional groups attached to an aromatic ring is 1. The van der Waals surface area contributed by atoms with Crippen LogP contribution in [-0.4, -0.2) is 28.3 Å². The van der Waals surface area contributed by atoms with E-state index < -0.39 is 5.91 Å². The molecule has 3 rings (SSSR count). The number of thiophene rings is 1. The quantitative estimate of drug-likeness (QED) is 0.536. The van der Waals surface area contributed by atoms with Gasteiger partial charge in [-0.2, -0.15) is 9.97 Å². The molecule has 0 aliphatic carbocycles. The minimum absolute atomic E-state index is 0.142. The number of ketones is 1. The molecule has 0 saturated heterocycles. The summed E-state index contributed by atoms with van der Waals surface area (Å²) in [6.45, 7) is 2.13. The SMILES string of the molecule is CCC(=O)CCCOc1nc(-c2cccc(Cl)c2)c2c(N)c(C(N)=O)sc2n1. The van der Waals surface area contributed by atoms with Crippen LogP contribution in [0.4, 0.5) is 5.69 Å². The Labute approximate surface area is 170 Å². The summed E-state index contributed by atoms with van der Waals surface area (Å²) in [5, 5.41) is 1.07. The van der Waals surface area contributed by atoms with Crippen LogP contribution in [0.15, 0.2) is 24.3 Å². The predicted octanol–water partition coefficient (Wildman–Crippen LogP) is 3.83. The van der Waals surface area contributed by atoms with Crippen molar-refractivity contribution >= 4 is 50.5 Å². The number of ether oxygens (including phenoxy) is 1. The first-order chi connectivity index (χ1) is 13.4. The van der Waals surface area contributed by atoms with Gasteiger partial charge in [-0.3, -0.25) is 9.59 Å². The molecule has 7 nitrogen and oxygen atoms in total. The molecular formula is C19H19ClN4O3S. The zero-order chi connectivity index (χ0) is 20.3. The Morgan fingerprint density at radius 3 is 2.75 bits per heavy atom. The summed E-state index contributed by atoms with van der Waals surface area (Å²) in [6, 6.07) is 7.26. The van der Waals surface area contributed by atoms with E-state index in [1.54, 1.807) is 18.2 Å². The smallest absolute Gasteiger partial charge is 0.318 e. The molecule has 0 atom stereocenters. The number of primary amides is 1. The fourth-order valence-electron chi connectivity index (χ4n) is 2.70. The molecule has 0 unspecified atom stereocenters. The molecule has 9 heteroatoms. The van der Waals surface area contributed by atoms with E-state index in [0.717, 1.165) is 11.3 Å². The number of carbonyl (C=O) groups is 2. The first kappa shape index (κ1) is 20.0. The van der Waals surface area contributed by atoms with E-state index in [-0.39, 0.29) is 22.4 Å². The number of fused-ring (bicyclic) bond motifs is 1. The van der Waals surface area contributed by atoms with Crippen LogP contribution in [0, 0.1) is 0 Å². The molecule has 146 valence electrons. The Morgan fingerprint density at radius 1 is 1.29 bits per heavy atom. The van der Waals surface area contributed by atoms with Crippen molar-refractivity contribution in [1.82, 2.24) is 9.97 Å². The Balaban J connectivity index is 2.02. The van der Waals surface area contributed by atoms with Gasteiger partial charge in [0.25, 0.3) is 5.91 Å². The van der Waals surface area contributed by atoms with Gasteiger partial charge in [0.2, 0.25) is 0 Å². The fourth-order valence-corrected chi connectivity index (χ4v) is 3.83. The van der Waals surface area contributed by atoms with Crippen LogP contribution in [0.1, 0.15) is 35.9 Å². The molecular weight excluding hydrogens is 400 g/mol. The highest BCUT2D eigenvalue weighted by Gasteiger charge is 2.21. The number of carbonyl (C=O) groups excluding carboxylic acids is 2. The molecule has 0 aliphatic rings. The van der Waals surface area contributed by atoms with Gasteiger partial charge in [0, 0.05) is 23.4 Å². The van der Waals surface area contributed by atoms with E-state index in [2.05, 4.69) is 9.97 Å². The zero-order valence-corrected chi connectivity index (χ0v) is 16.8. The molecule has 28 heavy (non-hydrogen) atoms. The van der Waals surface area contributed by atoms with Crippen LogP contribution in [0.2, 0.25) is 5.02 Å². The van der Waals surface area contributed by atoms with Gasteiger partial charge in [0.15, 0.2) is 0 Å². The van der Waals surface area contributed by atoms with Crippen molar-refractivity contribution in [2.75, 3.05) is 12.3 Å². The maximum Gasteiger partial charge on any atom is 0.318 e. The van der Waals surface area contributed by atoms with Crippen molar-refractivity contribution in [1.29, 1.82) is 0 Å². The number of amides is 1. The summed E-state index contributed by atoms with van der Waals surface area (Å²) < 4.78 is 5.65. The number of benzene rings is 1. The zero-order valence-electron chi connectivity index (χ0n) is 15.2. The lowest BCUT2D eigenvalue weighted by molar-refractivity contribution is -0.119. The van der Waals surface area contributed by atoms with Crippen LogP contribution >= 0.6 is 22.9 Å². The molecule has 0 aliphatic heterocycles. The van der Waals surface area contributed by atoms with E-state index in [1.165, 1.54) is 0 Å². The third-order valence-electron chi connectivity index (χ3n) is 4.12. The van der Waals surface area contributed by atoms with Crippen molar-refractivity contribution < 1.29 is 14.3 Å². The third kappa shape index (κ3) is 4.23. The van der Waals surface area contributed by atoms with Crippen molar-refractivity contribution in [3.8, 4) is 17.3 Å². The molecule has 0 bridgehead atoms. The first-order valence-corrected chi connectivity index (χ1v) is 9.90. The lowest BCUT2D eigenvalue weighted by Gasteiger charge is -2.09. The highest BCUT2D eigenvalue weighted by molar-refractivity contribution is 7.21. The van der Waals surface area contributed by atoms with Gasteiger partial charge in [0.1, 0.15) is 15.5 Å². The Kier molecular flexibility index (Phi) is 6.11. The Morgan fingerprint density at radius 2 is 2.07 bits per heavy atom. The molecule has 0 radical (unpaired) electrons. The molecule has 0 fully saturated rings. The van der Waals surface area contributed by atoms with Crippen LogP contribution in [0.3, 0.4) is 0 Å². The van der Waals surface area contributed by atoms with Crippen LogP contribution in [0.5, 0.6) is 6.01 Å². The van der Waals surface area contributed by atoms with Crippen molar-refractivity contribution in [2.24, 2.45) is 5.73 Å².